The number of carbonyl (C=O) groups is 1. The monoisotopic (exact) mass is 500 g/mol. The topological polar surface area (TPSA) is 77.0 Å². The van der Waals surface area contributed by atoms with Gasteiger partial charge in [-0.05, 0) is 48.9 Å². The van der Waals surface area contributed by atoms with Crippen molar-refractivity contribution in [2.24, 2.45) is 4.99 Å². The Morgan fingerprint density at radius 2 is 1.89 bits per heavy atom. The van der Waals surface area contributed by atoms with Gasteiger partial charge in [-0.15, -0.1) is 24.0 Å². The van der Waals surface area contributed by atoms with E-state index in [1.54, 1.807) is 18.2 Å². The second kappa shape index (κ2) is 12.2. The summed E-state index contributed by atoms with van der Waals surface area (Å²) in [6.45, 7) is 3.97. The number of nitrogens with one attached hydrogen (secondary N) is 2. The quantitative estimate of drug-likeness (QED) is 0.237. The Bertz CT molecular complexity index is 784. The highest BCUT2D eigenvalue weighted by molar-refractivity contribution is 14.0. The van der Waals surface area contributed by atoms with Gasteiger partial charge in [0.15, 0.2) is 5.96 Å². The number of rotatable bonds is 7. The summed E-state index contributed by atoms with van der Waals surface area (Å²) in [5.74, 6) is 0.316. The average Bonchev–Trinajstić information content (AvgIpc) is 2.64. The molecule has 1 amide bonds. The standard InChI is InChI=1S/C20H25FN4O2.HI/c1-3-22-20(25(2)14-15-5-4-6-17(21)13-15)24-12-11-23-19(27)16-7-9-18(26)10-8-16;/h4-10,13,26H,3,11-12,14H2,1-2H3,(H,22,24)(H,23,27);1H. The van der Waals surface area contributed by atoms with Crippen LogP contribution in [-0.2, 0) is 6.54 Å². The van der Waals surface area contributed by atoms with Crippen LogP contribution in [0.25, 0.3) is 0 Å². The first kappa shape index (κ1) is 23.7. The minimum Gasteiger partial charge on any atom is -0.508 e. The zero-order valence-electron chi connectivity index (χ0n) is 16.0. The Morgan fingerprint density at radius 3 is 2.54 bits per heavy atom. The van der Waals surface area contributed by atoms with Crippen LogP contribution in [0.2, 0.25) is 0 Å². The Morgan fingerprint density at radius 1 is 1.18 bits per heavy atom. The van der Waals surface area contributed by atoms with Crippen LogP contribution in [0.5, 0.6) is 5.75 Å². The van der Waals surface area contributed by atoms with Crippen LogP contribution in [0.15, 0.2) is 53.5 Å². The zero-order chi connectivity index (χ0) is 19.6. The predicted molar refractivity (Wildman–Crippen MR) is 120 cm³/mol. The molecule has 0 atom stereocenters. The summed E-state index contributed by atoms with van der Waals surface area (Å²) in [6, 6.07) is 12.5. The van der Waals surface area contributed by atoms with E-state index in [9.17, 15) is 14.3 Å². The molecule has 0 saturated carbocycles. The molecule has 0 spiro atoms. The molecule has 3 N–H and O–H groups in total. The third-order valence-corrected chi connectivity index (χ3v) is 3.79. The fourth-order valence-corrected chi connectivity index (χ4v) is 2.50. The molecule has 2 aromatic carbocycles. The van der Waals surface area contributed by atoms with Crippen molar-refractivity contribution in [1.82, 2.24) is 15.5 Å². The highest BCUT2D eigenvalue weighted by Crippen LogP contribution is 2.09. The largest absolute Gasteiger partial charge is 0.508 e. The van der Waals surface area contributed by atoms with E-state index in [0.29, 0.717) is 37.7 Å². The van der Waals surface area contributed by atoms with Gasteiger partial charge in [0.1, 0.15) is 11.6 Å². The molecule has 0 radical (unpaired) electrons. The lowest BCUT2D eigenvalue weighted by Gasteiger charge is -2.22. The molecule has 0 aliphatic rings. The van der Waals surface area contributed by atoms with Crippen molar-refractivity contribution >= 4 is 35.8 Å². The number of nitrogens with zero attached hydrogens (tertiary/aromatic N) is 2. The molecule has 0 saturated heterocycles. The molecule has 0 fully saturated rings. The number of hydrogen-bond acceptors (Lipinski definition) is 3. The number of aromatic hydroxyl groups is 1. The van der Waals surface area contributed by atoms with Gasteiger partial charge in [0.05, 0.1) is 6.54 Å². The van der Waals surface area contributed by atoms with Gasteiger partial charge in [-0.3, -0.25) is 9.79 Å². The number of aliphatic imine (C=N–C) groups is 1. The third kappa shape index (κ3) is 7.71. The van der Waals surface area contributed by atoms with Crippen molar-refractivity contribution in [1.29, 1.82) is 0 Å². The van der Waals surface area contributed by atoms with Gasteiger partial charge in [-0.1, -0.05) is 12.1 Å². The molecule has 152 valence electrons. The van der Waals surface area contributed by atoms with Crippen LogP contribution in [0.4, 0.5) is 4.39 Å². The van der Waals surface area contributed by atoms with E-state index < -0.39 is 0 Å². The second-order valence-electron chi connectivity index (χ2n) is 6.02. The van der Waals surface area contributed by atoms with Crippen molar-refractivity contribution < 1.29 is 14.3 Å². The second-order valence-corrected chi connectivity index (χ2v) is 6.02. The summed E-state index contributed by atoms with van der Waals surface area (Å²) in [6.07, 6.45) is 0. The maximum Gasteiger partial charge on any atom is 0.251 e. The van der Waals surface area contributed by atoms with Crippen molar-refractivity contribution in [3.05, 3.63) is 65.5 Å². The molecule has 0 aromatic heterocycles. The van der Waals surface area contributed by atoms with E-state index in [4.69, 9.17) is 0 Å². The van der Waals surface area contributed by atoms with E-state index in [-0.39, 0.29) is 41.5 Å². The first-order valence-corrected chi connectivity index (χ1v) is 8.80. The summed E-state index contributed by atoms with van der Waals surface area (Å²) in [4.78, 5) is 18.4. The summed E-state index contributed by atoms with van der Waals surface area (Å²) in [5, 5.41) is 15.2. The van der Waals surface area contributed by atoms with E-state index in [1.165, 1.54) is 24.3 Å². The normalized spacial score (nSPS) is 10.8. The SMILES string of the molecule is CCNC(=NCCNC(=O)c1ccc(O)cc1)N(C)Cc1cccc(F)c1.I. The average molecular weight is 500 g/mol. The van der Waals surface area contributed by atoms with Crippen molar-refractivity contribution in [2.75, 3.05) is 26.7 Å². The van der Waals surface area contributed by atoms with E-state index in [2.05, 4.69) is 15.6 Å². The van der Waals surface area contributed by atoms with Crippen LogP contribution < -0.4 is 10.6 Å². The molecule has 8 heteroatoms. The smallest absolute Gasteiger partial charge is 0.251 e. The maximum absolute atomic E-state index is 13.3. The van der Waals surface area contributed by atoms with Crippen LogP contribution in [0.1, 0.15) is 22.8 Å². The zero-order valence-corrected chi connectivity index (χ0v) is 18.3. The van der Waals surface area contributed by atoms with Gasteiger partial charge in [0.25, 0.3) is 5.91 Å². The minimum atomic E-state index is -0.264. The van der Waals surface area contributed by atoms with Crippen molar-refractivity contribution in [3.63, 3.8) is 0 Å². The number of phenols is 1. The van der Waals surface area contributed by atoms with Gasteiger partial charge >= 0.3 is 0 Å². The molecule has 0 bridgehead atoms. The van der Waals surface area contributed by atoms with Gasteiger partial charge in [-0.25, -0.2) is 4.39 Å². The summed E-state index contributed by atoms with van der Waals surface area (Å²) in [5.41, 5.74) is 1.33. The molecule has 0 aliphatic carbocycles. The Hall–Kier alpha value is -2.36. The van der Waals surface area contributed by atoms with Crippen molar-refractivity contribution in [2.45, 2.75) is 13.5 Å². The Balaban J connectivity index is 0.00000392. The number of halogens is 2. The highest BCUT2D eigenvalue weighted by atomic mass is 127. The molecule has 2 aromatic rings. The van der Waals surface area contributed by atoms with Gasteiger partial charge in [0.2, 0.25) is 0 Å². The summed E-state index contributed by atoms with van der Waals surface area (Å²) < 4.78 is 13.3. The van der Waals surface area contributed by atoms with Gasteiger partial charge < -0.3 is 20.6 Å². The highest BCUT2D eigenvalue weighted by Gasteiger charge is 2.08. The lowest BCUT2D eigenvalue weighted by atomic mass is 10.2. The third-order valence-electron chi connectivity index (χ3n) is 3.79. The number of hydrogen-bond donors (Lipinski definition) is 3. The van der Waals surface area contributed by atoms with E-state index >= 15 is 0 Å². The Labute approximate surface area is 181 Å². The fraction of sp³-hybridized carbons (Fsp3) is 0.300. The first-order chi connectivity index (χ1) is 13.0. The summed E-state index contributed by atoms with van der Waals surface area (Å²) in [7, 11) is 1.88. The molecule has 0 heterocycles. The lowest BCUT2D eigenvalue weighted by Crippen LogP contribution is -2.39. The lowest BCUT2D eigenvalue weighted by molar-refractivity contribution is 0.0955. The number of benzene rings is 2. The summed E-state index contributed by atoms with van der Waals surface area (Å²) >= 11 is 0. The predicted octanol–water partition coefficient (Wildman–Crippen LogP) is 2.98. The number of phenolic OH excluding ortho intramolecular Hbond substituents is 1. The van der Waals surface area contributed by atoms with Crippen LogP contribution in [0.3, 0.4) is 0 Å². The van der Waals surface area contributed by atoms with E-state index in [1.807, 2.05) is 24.9 Å². The number of carbonyl (C=O) groups excluding carboxylic acids is 1. The van der Waals surface area contributed by atoms with Crippen LogP contribution >= 0.6 is 24.0 Å². The van der Waals surface area contributed by atoms with Gasteiger partial charge in [0, 0.05) is 32.2 Å². The van der Waals surface area contributed by atoms with Gasteiger partial charge in [-0.2, -0.15) is 0 Å². The molecule has 6 nitrogen and oxygen atoms in total. The molecule has 28 heavy (non-hydrogen) atoms. The van der Waals surface area contributed by atoms with Crippen LogP contribution in [-0.4, -0.2) is 48.6 Å². The minimum absolute atomic E-state index is 0. The van der Waals surface area contributed by atoms with Crippen LogP contribution in [0, 0.1) is 5.82 Å². The first-order valence-electron chi connectivity index (χ1n) is 8.80. The number of amides is 1. The molecular formula is C20H26FIN4O2. The molecule has 0 aliphatic heterocycles. The number of guanidine groups is 1. The molecular weight excluding hydrogens is 474 g/mol. The molecule has 2 rings (SSSR count). The van der Waals surface area contributed by atoms with E-state index in [0.717, 1.165) is 5.56 Å². The Kier molecular flexibility index (Phi) is 10.3. The molecule has 0 unspecified atom stereocenters. The van der Waals surface area contributed by atoms with Crippen molar-refractivity contribution in [3.8, 4) is 5.75 Å². The maximum atomic E-state index is 13.3. The fourth-order valence-electron chi connectivity index (χ4n) is 2.50.